The van der Waals surface area contributed by atoms with Crippen LogP contribution in [0.5, 0.6) is 5.75 Å². The van der Waals surface area contributed by atoms with Gasteiger partial charge in [-0.1, -0.05) is 54.6 Å². The van der Waals surface area contributed by atoms with Gasteiger partial charge >= 0.3 is 0 Å². The number of nitrogens with one attached hydrogen (secondary N) is 3. The van der Waals surface area contributed by atoms with E-state index in [-0.39, 0.29) is 11.6 Å². The molecule has 0 aliphatic carbocycles. The fraction of sp³-hybridized carbons (Fsp3) is 0.0513. The van der Waals surface area contributed by atoms with Gasteiger partial charge in [-0.25, -0.2) is 4.98 Å². The Kier molecular flexibility index (Phi) is 11.1. The summed E-state index contributed by atoms with van der Waals surface area (Å²) in [7, 11) is 1.62. The van der Waals surface area contributed by atoms with Crippen LogP contribution in [0.1, 0.15) is 26.7 Å². The third-order valence-corrected chi connectivity index (χ3v) is 9.37. The Hall–Kier alpha value is -6.04. The highest BCUT2D eigenvalue weighted by Gasteiger charge is 2.23. The lowest BCUT2D eigenvalue weighted by Crippen LogP contribution is -2.30. The molecule has 4 aromatic carbocycles. The molecule has 9 nitrogen and oxygen atoms in total. The first-order chi connectivity index (χ1) is 24.4. The molecule has 0 aliphatic heterocycles. The molecule has 0 saturated carbocycles. The Morgan fingerprint density at radius 1 is 0.820 bits per heavy atom. The van der Waals surface area contributed by atoms with Gasteiger partial charge in [-0.3, -0.25) is 19.4 Å². The Balaban J connectivity index is 1.15. The molecule has 3 amide bonds. The first-order valence-corrected chi connectivity index (χ1v) is 17.2. The number of carbonyl (C=O) groups excluding carboxylic acids is 3. The zero-order valence-electron chi connectivity index (χ0n) is 26.8. The minimum absolute atomic E-state index is 0.0588. The molecule has 0 spiro atoms. The largest absolute Gasteiger partial charge is 0.497 e. The number of ether oxygens (including phenoxy) is 1. The molecule has 2 aromatic heterocycles. The maximum atomic E-state index is 13.7. The van der Waals surface area contributed by atoms with Crippen molar-refractivity contribution in [3.05, 3.63) is 161 Å². The molecule has 6 rings (SSSR count). The van der Waals surface area contributed by atoms with Gasteiger partial charge in [0.15, 0.2) is 5.13 Å². The monoisotopic (exact) mass is 697 g/mol. The quantitative estimate of drug-likeness (QED) is 0.0873. The van der Waals surface area contributed by atoms with Crippen LogP contribution in [0, 0.1) is 0 Å². The summed E-state index contributed by atoms with van der Waals surface area (Å²) in [5.41, 5.74) is 4.15. The number of benzene rings is 4. The summed E-state index contributed by atoms with van der Waals surface area (Å²) in [5, 5.41) is 10.4. The molecule has 0 fully saturated rings. The van der Waals surface area contributed by atoms with E-state index in [2.05, 4.69) is 25.9 Å². The highest BCUT2D eigenvalue weighted by Crippen LogP contribution is 2.37. The van der Waals surface area contributed by atoms with Crippen LogP contribution in [0.3, 0.4) is 0 Å². The smallest absolute Gasteiger partial charge is 0.272 e. The molecular formula is C39H31N5O4S2. The second-order valence-corrected chi connectivity index (χ2v) is 12.8. The lowest BCUT2D eigenvalue weighted by molar-refractivity contribution is -0.116. The van der Waals surface area contributed by atoms with Crippen LogP contribution < -0.4 is 20.7 Å². The van der Waals surface area contributed by atoms with E-state index in [4.69, 9.17) is 4.74 Å². The van der Waals surface area contributed by atoms with Gasteiger partial charge in [-0.15, -0.1) is 23.1 Å². The second kappa shape index (κ2) is 16.4. The topological polar surface area (TPSA) is 122 Å². The summed E-state index contributed by atoms with van der Waals surface area (Å²) in [6.07, 6.45) is 4.80. The molecule has 2 heterocycles. The Morgan fingerprint density at radius 2 is 1.54 bits per heavy atom. The Morgan fingerprint density at radius 3 is 2.22 bits per heavy atom. The third-order valence-electron chi connectivity index (χ3n) is 7.35. The molecule has 0 bridgehead atoms. The summed E-state index contributed by atoms with van der Waals surface area (Å²) >= 11 is 2.74. The third kappa shape index (κ3) is 8.90. The average molecular weight is 698 g/mol. The van der Waals surface area contributed by atoms with Gasteiger partial charge in [-0.2, -0.15) is 0 Å². The Bertz CT molecular complexity index is 2090. The van der Waals surface area contributed by atoms with Crippen molar-refractivity contribution in [3.8, 4) is 17.0 Å². The van der Waals surface area contributed by atoms with Crippen LogP contribution in [0.2, 0.25) is 0 Å². The van der Waals surface area contributed by atoms with Crippen LogP contribution in [0.25, 0.3) is 17.3 Å². The standard InChI is InChI=1S/C39H31N5O4S2/c1-48-31-18-14-27(15-19-31)34-25-49-39(43-34)44-38(47)35(28-10-4-2-5-11-28)50-32-20-16-30(17-21-32)41-37(46)33(23-26-9-8-22-40-24-26)42-36(45)29-12-6-3-7-13-29/h2-25,35H,1H3,(H,41,46)(H,42,45)(H,43,44,47)/b33-23-. The summed E-state index contributed by atoms with van der Waals surface area (Å²) in [4.78, 5) is 49.6. The maximum absolute atomic E-state index is 13.7. The number of pyridine rings is 1. The van der Waals surface area contributed by atoms with E-state index in [0.717, 1.165) is 27.5 Å². The van der Waals surface area contributed by atoms with Crippen molar-refractivity contribution in [3.63, 3.8) is 0 Å². The van der Waals surface area contributed by atoms with Gasteiger partial charge in [-0.05, 0) is 83.9 Å². The summed E-state index contributed by atoms with van der Waals surface area (Å²) < 4.78 is 5.25. The van der Waals surface area contributed by atoms with Crippen molar-refractivity contribution >= 4 is 57.7 Å². The van der Waals surface area contributed by atoms with Crippen molar-refractivity contribution in [2.75, 3.05) is 17.7 Å². The number of hydrogen-bond acceptors (Lipinski definition) is 8. The number of anilines is 2. The number of thiazole rings is 1. The fourth-order valence-electron chi connectivity index (χ4n) is 4.82. The molecule has 50 heavy (non-hydrogen) atoms. The normalized spacial score (nSPS) is 11.7. The Labute approximate surface area is 297 Å². The fourth-order valence-corrected chi connectivity index (χ4v) is 6.57. The van der Waals surface area contributed by atoms with Crippen LogP contribution in [-0.4, -0.2) is 34.8 Å². The van der Waals surface area contributed by atoms with Crippen LogP contribution in [-0.2, 0) is 9.59 Å². The maximum Gasteiger partial charge on any atom is 0.272 e. The highest BCUT2D eigenvalue weighted by atomic mass is 32.2. The molecule has 0 saturated heterocycles. The number of hydrogen-bond donors (Lipinski definition) is 3. The number of nitrogens with zero attached hydrogens (tertiary/aromatic N) is 2. The summed E-state index contributed by atoms with van der Waals surface area (Å²) in [5.74, 6) is -0.376. The van der Waals surface area contributed by atoms with Crippen molar-refractivity contribution in [2.45, 2.75) is 10.1 Å². The van der Waals surface area contributed by atoms with E-state index < -0.39 is 17.1 Å². The summed E-state index contributed by atoms with van der Waals surface area (Å²) in [6, 6.07) is 36.5. The van der Waals surface area contributed by atoms with Crippen LogP contribution in [0.4, 0.5) is 10.8 Å². The minimum atomic E-state index is -0.577. The molecule has 0 aliphatic rings. The molecule has 1 atom stereocenters. The molecule has 3 N–H and O–H groups in total. The lowest BCUT2D eigenvalue weighted by atomic mass is 10.1. The number of thioether (sulfide) groups is 1. The molecule has 6 aromatic rings. The van der Waals surface area contributed by atoms with E-state index in [9.17, 15) is 14.4 Å². The van der Waals surface area contributed by atoms with Gasteiger partial charge in [0.05, 0.1) is 12.8 Å². The predicted octanol–water partition coefficient (Wildman–Crippen LogP) is 8.10. The van der Waals surface area contributed by atoms with Crippen molar-refractivity contribution in [2.24, 2.45) is 0 Å². The highest BCUT2D eigenvalue weighted by molar-refractivity contribution is 8.00. The van der Waals surface area contributed by atoms with E-state index in [1.165, 1.54) is 23.1 Å². The second-order valence-electron chi connectivity index (χ2n) is 10.8. The van der Waals surface area contributed by atoms with E-state index >= 15 is 0 Å². The average Bonchev–Trinajstić information content (AvgIpc) is 3.63. The van der Waals surface area contributed by atoms with Crippen LogP contribution in [0.15, 0.2) is 150 Å². The van der Waals surface area contributed by atoms with E-state index in [1.807, 2.05) is 78.2 Å². The first kappa shape index (κ1) is 33.8. The predicted molar refractivity (Wildman–Crippen MR) is 199 cm³/mol. The number of amides is 3. The molecule has 248 valence electrons. The van der Waals surface area contributed by atoms with Crippen molar-refractivity contribution in [1.29, 1.82) is 0 Å². The number of carbonyl (C=O) groups is 3. The first-order valence-electron chi connectivity index (χ1n) is 15.5. The van der Waals surface area contributed by atoms with Gasteiger partial charge in [0.2, 0.25) is 5.91 Å². The van der Waals surface area contributed by atoms with Crippen molar-refractivity contribution < 1.29 is 19.1 Å². The van der Waals surface area contributed by atoms with Crippen LogP contribution >= 0.6 is 23.1 Å². The molecule has 11 heteroatoms. The lowest BCUT2D eigenvalue weighted by Gasteiger charge is -2.17. The molecule has 1 unspecified atom stereocenters. The van der Waals surface area contributed by atoms with E-state index in [0.29, 0.717) is 21.9 Å². The summed E-state index contributed by atoms with van der Waals surface area (Å²) in [6.45, 7) is 0. The number of methoxy groups -OCH3 is 1. The zero-order chi connectivity index (χ0) is 34.7. The van der Waals surface area contributed by atoms with E-state index in [1.54, 1.807) is 74.1 Å². The number of rotatable bonds is 12. The van der Waals surface area contributed by atoms with Crippen molar-refractivity contribution in [1.82, 2.24) is 15.3 Å². The zero-order valence-corrected chi connectivity index (χ0v) is 28.4. The number of aromatic nitrogens is 2. The molecular weight excluding hydrogens is 667 g/mol. The van der Waals surface area contributed by atoms with Gasteiger partial charge in [0.25, 0.3) is 11.8 Å². The van der Waals surface area contributed by atoms with Gasteiger partial charge < -0.3 is 20.7 Å². The van der Waals surface area contributed by atoms with Gasteiger partial charge in [0.1, 0.15) is 16.7 Å². The SMILES string of the molecule is COc1ccc(-c2csc(NC(=O)C(Sc3ccc(NC(=O)/C(=C/c4cccnc4)NC(=O)c4ccccc4)cc3)c3ccccc3)n2)cc1. The minimum Gasteiger partial charge on any atom is -0.497 e. The molecule has 0 radical (unpaired) electrons. The van der Waals surface area contributed by atoms with Gasteiger partial charge in [0, 0.05) is 39.5 Å².